The first kappa shape index (κ1) is 16.5. The van der Waals surface area contributed by atoms with Crippen molar-refractivity contribution in [1.82, 2.24) is 9.80 Å². The molecule has 1 aliphatic carbocycles. The van der Waals surface area contributed by atoms with Gasteiger partial charge in [-0.2, -0.15) is 0 Å². The Hall–Kier alpha value is -1.39. The first-order valence-electron chi connectivity index (χ1n) is 8.71. The SMILES string of the molecule is CC1CN(C(=O)CN(C)C2CC(c3ccccc3)C2)CC(C)O1. The third-order valence-electron chi connectivity index (χ3n) is 5.16. The van der Waals surface area contributed by atoms with Crippen molar-refractivity contribution in [3.63, 3.8) is 0 Å². The molecule has 2 atom stereocenters. The number of morpholine rings is 1. The van der Waals surface area contributed by atoms with Crippen LogP contribution in [0.15, 0.2) is 30.3 Å². The van der Waals surface area contributed by atoms with Crippen molar-refractivity contribution in [3.05, 3.63) is 35.9 Å². The van der Waals surface area contributed by atoms with Crippen molar-refractivity contribution >= 4 is 5.91 Å². The molecule has 4 nitrogen and oxygen atoms in total. The number of carbonyl (C=O) groups is 1. The molecule has 1 aromatic rings. The maximum Gasteiger partial charge on any atom is 0.236 e. The van der Waals surface area contributed by atoms with E-state index in [9.17, 15) is 4.79 Å². The number of carbonyl (C=O) groups excluding carboxylic acids is 1. The quantitative estimate of drug-likeness (QED) is 0.855. The lowest BCUT2D eigenvalue weighted by atomic mass is 9.75. The lowest BCUT2D eigenvalue weighted by molar-refractivity contribution is -0.144. The molecular formula is C19H28N2O2. The Morgan fingerprint density at radius 2 is 1.78 bits per heavy atom. The minimum absolute atomic E-state index is 0.138. The average Bonchev–Trinajstić information content (AvgIpc) is 2.45. The first-order chi connectivity index (χ1) is 11.0. The number of nitrogens with zero attached hydrogens (tertiary/aromatic N) is 2. The highest BCUT2D eigenvalue weighted by atomic mass is 16.5. The molecule has 0 spiro atoms. The lowest BCUT2D eigenvalue weighted by Gasteiger charge is -2.42. The second kappa shape index (κ2) is 7.02. The van der Waals surface area contributed by atoms with E-state index in [2.05, 4.69) is 42.3 Å². The molecule has 1 heterocycles. The molecule has 0 N–H and O–H groups in total. The molecule has 1 saturated carbocycles. The second-order valence-electron chi connectivity index (χ2n) is 7.20. The van der Waals surface area contributed by atoms with E-state index in [1.807, 2.05) is 18.7 Å². The summed E-state index contributed by atoms with van der Waals surface area (Å²) in [4.78, 5) is 16.7. The average molecular weight is 316 g/mol. The largest absolute Gasteiger partial charge is 0.372 e. The summed E-state index contributed by atoms with van der Waals surface area (Å²) in [7, 11) is 2.08. The maximum atomic E-state index is 12.5. The Morgan fingerprint density at radius 3 is 2.39 bits per heavy atom. The molecule has 1 amide bonds. The van der Waals surface area contributed by atoms with E-state index in [0.29, 0.717) is 31.6 Å². The van der Waals surface area contributed by atoms with Crippen molar-refractivity contribution in [1.29, 1.82) is 0 Å². The lowest BCUT2D eigenvalue weighted by Crippen LogP contribution is -2.52. The van der Waals surface area contributed by atoms with Gasteiger partial charge in [0.15, 0.2) is 0 Å². The second-order valence-corrected chi connectivity index (χ2v) is 7.20. The van der Waals surface area contributed by atoms with Crippen molar-refractivity contribution in [2.24, 2.45) is 0 Å². The fourth-order valence-corrected chi connectivity index (χ4v) is 3.77. The van der Waals surface area contributed by atoms with Crippen LogP contribution < -0.4 is 0 Å². The molecule has 2 unspecified atom stereocenters. The Bertz CT molecular complexity index is 517. The van der Waals surface area contributed by atoms with Gasteiger partial charge in [-0.3, -0.25) is 9.69 Å². The van der Waals surface area contributed by atoms with Gasteiger partial charge in [0.2, 0.25) is 5.91 Å². The Kier molecular flexibility index (Phi) is 5.02. The molecule has 2 aliphatic rings. The van der Waals surface area contributed by atoms with E-state index < -0.39 is 0 Å². The molecule has 3 rings (SSSR count). The van der Waals surface area contributed by atoms with Gasteiger partial charge >= 0.3 is 0 Å². The predicted molar refractivity (Wildman–Crippen MR) is 91.4 cm³/mol. The van der Waals surface area contributed by atoms with Gasteiger partial charge in [-0.1, -0.05) is 30.3 Å². The van der Waals surface area contributed by atoms with Gasteiger partial charge in [-0.25, -0.2) is 0 Å². The van der Waals surface area contributed by atoms with Gasteiger partial charge in [-0.15, -0.1) is 0 Å². The number of amides is 1. The molecule has 1 aliphatic heterocycles. The number of benzene rings is 1. The zero-order chi connectivity index (χ0) is 16.4. The van der Waals surface area contributed by atoms with Crippen molar-refractivity contribution in [3.8, 4) is 0 Å². The molecule has 0 aromatic heterocycles. The summed E-state index contributed by atoms with van der Waals surface area (Å²) in [5.74, 6) is 0.889. The van der Waals surface area contributed by atoms with Crippen LogP contribution in [0.4, 0.5) is 0 Å². The Balaban J connectivity index is 1.47. The fraction of sp³-hybridized carbons (Fsp3) is 0.632. The molecular weight excluding hydrogens is 288 g/mol. The highest BCUT2D eigenvalue weighted by Gasteiger charge is 2.34. The summed E-state index contributed by atoms with van der Waals surface area (Å²) in [5.41, 5.74) is 1.43. The number of hydrogen-bond donors (Lipinski definition) is 0. The molecule has 0 bridgehead atoms. The maximum absolute atomic E-state index is 12.5. The van der Waals surface area contributed by atoms with Crippen LogP contribution in [0.2, 0.25) is 0 Å². The standard InChI is InChI=1S/C19H28N2O2/c1-14-11-21(12-15(2)23-14)19(22)13-20(3)18-9-17(10-18)16-7-5-4-6-8-16/h4-8,14-15,17-18H,9-13H2,1-3H3. The van der Waals surface area contributed by atoms with Gasteiger partial charge in [0.25, 0.3) is 0 Å². The monoisotopic (exact) mass is 316 g/mol. The van der Waals surface area contributed by atoms with E-state index in [0.717, 1.165) is 12.8 Å². The third kappa shape index (κ3) is 3.93. The molecule has 1 saturated heterocycles. The smallest absolute Gasteiger partial charge is 0.236 e. The van der Waals surface area contributed by atoms with E-state index in [1.165, 1.54) is 5.56 Å². The first-order valence-corrected chi connectivity index (χ1v) is 8.71. The van der Waals surface area contributed by atoms with E-state index >= 15 is 0 Å². The van der Waals surface area contributed by atoms with Gasteiger partial charge in [0.05, 0.1) is 18.8 Å². The minimum Gasteiger partial charge on any atom is -0.372 e. The number of rotatable bonds is 4. The van der Waals surface area contributed by atoms with Crippen LogP contribution in [0.1, 0.15) is 38.2 Å². The highest BCUT2D eigenvalue weighted by Crippen LogP contribution is 2.39. The van der Waals surface area contributed by atoms with Crippen LogP contribution in [-0.4, -0.2) is 60.6 Å². The third-order valence-corrected chi connectivity index (χ3v) is 5.16. The van der Waals surface area contributed by atoms with Crippen LogP contribution in [0.3, 0.4) is 0 Å². The summed E-state index contributed by atoms with van der Waals surface area (Å²) < 4.78 is 5.71. The van der Waals surface area contributed by atoms with Gasteiger partial charge in [0.1, 0.15) is 0 Å². The zero-order valence-electron chi connectivity index (χ0n) is 14.4. The van der Waals surface area contributed by atoms with Crippen molar-refractivity contribution < 1.29 is 9.53 Å². The van der Waals surface area contributed by atoms with Gasteiger partial charge < -0.3 is 9.64 Å². The minimum atomic E-state index is 0.138. The predicted octanol–water partition coefficient (Wildman–Crippen LogP) is 2.50. The summed E-state index contributed by atoms with van der Waals surface area (Å²) in [5, 5.41) is 0. The van der Waals surface area contributed by atoms with Crippen LogP contribution >= 0.6 is 0 Å². The molecule has 2 fully saturated rings. The molecule has 4 heteroatoms. The topological polar surface area (TPSA) is 32.8 Å². The molecule has 126 valence electrons. The highest BCUT2D eigenvalue weighted by molar-refractivity contribution is 5.78. The summed E-state index contributed by atoms with van der Waals surface area (Å²) >= 11 is 0. The number of likely N-dealkylation sites (N-methyl/N-ethyl adjacent to an activating group) is 1. The Morgan fingerprint density at radius 1 is 1.17 bits per heavy atom. The van der Waals surface area contributed by atoms with E-state index in [1.54, 1.807) is 0 Å². The Labute approximate surface area is 139 Å². The van der Waals surface area contributed by atoms with Crippen LogP contribution in [0.25, 0.3) is 0 Å². The summed E-state index contributed by atoms with van der Waals surface area (Å²) in [6.45, 7) is 6.03. The fourth-order valence-electron chi connectivity index (χ4n) is 3.77. The number of hydrogen-bond acceptors (Lipinski definition) is 3. The van der Waals surface area contributed by atoms with Gasteiger partial charge in [0, 0.05) is 19.1 Å². The molecule has 0 radical (unpaired) electrons. The van der Waals surface area contributed by atoms with E-state index in [4.69, 9.17) is 4.74 Å². The van der Waals surface area contributed by atoms with Crippen LogP contribution in [0.5, 0.6) is 0 Å². The van der Waals surface area contributed by atoms with Crippen molar-refractivity contribution in [2.75, 3.05) is 26.7 Å². The zero-order valence-corrected chi connectivity index (χ0v) is 14.4. The molecule has 23 heavy (non-hydrogen) atoms. The van der Waals surface area contributed by atoms with E-state index in [-0.39, 0.29) is 18.1 Å². The summed E-state index contributed by atoms with van der Waals surface area (Å²) in [6, 6.07) is 11.2. The normalized spacial score (nSPS) is 31.0. The van der Waals surface area contributed by atoms with Crippen LogP contribution in [-0.2, 0) is 9.53 Å². The molecule has 1 aromatic carbocycles. The summed E-state index contributed by atoms with van der Waals surface area (Å²) in [6.07, 6.45) is 2.59. The van der Waals surface area contributed by atoms with Crippen molar-refractivity contribution in [2.45, 2.75) is 50.9 Å². The van der Waals surface area contributed by atoms with Gasteiger partial charge in [-0.05, 0) is 45.2 Å². The van der Waals surface area contributed by atoms with Crippen LogP contribution in [0, 0.1) is 0 Å². The number of ether oxygens (including phenoxy) is 1.